The summed E-state index contributed by atoms with van der Waals surface area (Å²) in [6.45, 7) is 0. The summed E-state index contributed by atoms with van der Waals surface area (Å²) in [5.74, 6) is 4.84. The molecule has 0 aromatic carbocycles. The van der Waals surface area contributed by atoms with Crippen LogP contribution in [0.4, 0.5) is 0 Å². The van der Waals surface area contributed by atoms with Crippen molar-refractivity contribution in [1.29, 1.82) is 0 Å². The first-order chi connectivity index (χ1) is 6.81. The van der Waals surface area contributed by atoms with E-state index in [-0.39, 0.29) is 12.3 Å². The lowest BCUT2D eigenvalue weighted by molar-refractivity contribution is -0.120. The van der Waals surface area contributed by atoms with Gasteiger partial charge in [-0.2, -0.15) is 5.10 Å². The molecule has 5 nitrogen and oxygen atoms in total. The van der Waals surface area contributed by atoms with Crippen LogP contribution in [0, 0.1) is 0 Å². The summed E-state index contributed by atoms with van der Waals surface area (Å²) in [5.41, 5.74) is 5.38. The van der Waals surface area contributed by atoms with Gasteiger partial charge in [-0.15, -0.1) is 0 Å². The lowest BCUT2D eigenvalue weighted by Crippen LogP contribution is -2.31. The second kappa shape index (κ2) is 3.79. The second-order valence-electron chi connectivity index (χ2n) is 3.58. The minimum absolute atomic E-state index is 0.190. The number of hydrazine groups is 1. The summed E-state index contributed by atoms with van der Waals surface area (Å²) >= 11 is 0. The Kier molecular flexibility index (Phi) is 2.49. The number of fused-ring (bicyclic) bond motifs is 1. The standard InChI is InChI=1S/C9H14N4O/c10-11-9(14)5-8-6-3-1-2-4-7(6)12-13-8/h1-5,10H2,(H,11,14)(H,12,13). The first kappa shape index (κ1) is 9.21. The highest BCUT2D eigenvalue weighted by molar-refractivity contribution is 5.77. The lowest BCUT2D eigenvalue weighted by atomic mass is 9.95. The van der Waals surface area contributed by atoms with E-state index in [1.54, 1.807) is 0 Å². The molecule has 0 saturated carbocycles. The van der Waals surface area contributed by atoms with Gasteiger partial charge in [-0.3, -0.25) is 15.3 Å². The van der Waals surface area contributed by atoms with Gasteiger partial charge in [0.2, 0.25) is 5.91 Å². The summed E-state index contributed by atoms with van der Waals surface area (Å²) < 4.78 is 0. The van der Waals surface area contributed by atoms with Crippen molar-refractivity contribution < 1.29 is 4.79 Å². The van der Waals surface area contributed by atoms with Crippen LogP contribution in [0.3, 0.4) is 0 Å². The maximum atomic E-state index is 11.1. The normalized spacial score (nSPS) is 14.9. The molecule has 1 aromatic rings. The highest BCUT2D eigenvalue weighted by Gasteiger charge is 2.17. The Morgan fingerprint density at radius 2 is 2.29 bits per heavy atom. The van der Waals surface area contributed by atoms with Crippen LogP contribution >= 0.6 is 0 Å². The average Bonchev–Trinajstić information content (AvgIpc) is 2.62. The Morgan fingerprint density at radius 3 is 3.07 bits per heavy atom. The van der Waals surface area contributed by atoms with Gasteiger partial charge < -0.3 is 0 Å². The molecule has 1 heterocycles. The van der Waals surface area contributed by atoms with Crippen LogP contribution in [0.5, 0.6) is 0 Å². The van der Waals surface area contributed by atoms with Crippen molar-refractivity contribution in [2.24, 2.45) is 5.84 Å². The number of hydrogen-bond acceptors (Lipinski definition) is 3. The first-order valence-electron chi connectivity index (χ1n) is 4.85. The fourth-order valence-electron chi connectivity index (χ4n) is 1.90. The predicted molar refractivity (Wildman–Crippen MR) is 51.3 cm³/mol. The van der Waals surface area contributed by atoms with Gasteiger partial charge in [0.1, 0.15) is 0 Å². The van der Waals surface area contributed by atoms with Crippen LogP contribution in [0.25, 0.3) is 0 Å². The van der Waals surface area contributed by atoms with Gasteiger partial charge in [0.15, 0.2) is 0 Å². The Morgan fingerprint density at radius 1 is 1.50 bits per heavy atom. The molecule has 1 amide bonds. The highest BCUT2D eigenvalue weighted by Crippen LogP contribution is 2.22. The number of carbonyl (C=O) groups excluding carboxylic acids is 1. The number of aryl methyl sites for hydroxylation is 1. The van der Waals surface area contributed by atoms with E-state index in [4.69, 9.17) is 5.84 Å². The van der Waals surface area contributed by atoms with Gasteiger partial charge in [0, 0.05) is 5.69 Å². The molecule has 0 bridgehead atoms. The van der Waals surface area contributed by atoms with Gasteiger partial charge in [-0.1, -0.05) is 0 Å². The summed E-state index contributed by atoms with van der Waals surface area (Å²) in [6, 6.07) is 0. The molecule has 4 N–H and O–H groups in total. The zero-order chi connectivity index (χ0) is 9.97. The zero-order valence-electron chi connectivity index (χ0n) is 7.97. The maximum absolute atomic E-state index is 11.1. The van der Waals surface area contributed by atoms with E-state index in [1.807, 2.05) is 0 Å². The molecule has 14 heavy (non-hydrogen) atoms. The third-order valence-electron chi connectivity index (χ3n) is 2.63. The minimum Gasteiger partial charge on any atom is -0.294 e. The molecule has 5 heteroatoms. The Labute approximate surface area is 82.0 Å². The van der Waals surface area contributed by atoms with Crippen LogP contribution in [0.1, 0.15) is 29.8 Å². The molecule has 0 fully saturated rings. The van der Waals surface area contributed by atoms with Crippen molar-refractivity contribution in [1.82, 2.24) is 15.6 Å². The topological polar surface area (TPSA) is 83.8 Å². The maximum Gasteiger partial charge on any atom is 0.239 e. The number of nitrogens with one attached hydrogen (secondary N) is 2. The van der Waals surface area contributed by atoms with Crippen LogP contribution in [-0.2, 0) is 24.1 Å². The number of aromatic nitrogens is 2. The van der Waals surface area contributed by atoms with Crippen LogP contribution < -0.4 is 11.3 Å². The summed E-state index contributed by atoms with van der Waals surface area (Å²) in [7, 11) is 0. The highest BCUT2D eigenvalue weighted by atomic mass is 16.2. The number of rotatable bonds is 2. The number of nitrogens with zero attached hydrogens (tertiary/aromatic N) is 1. The lowest BCUT2D eigenvalue weighted by Gasteiger charge is -2.10. The number of hydrogen-bond donors (Lipinski definition) is 3. The molecule has 1 aromatic heterocycles. The third-order valence-corrected chi connectivity index (χ3v) is 2.63. The fraction of sp³-hybridized carbons (Fsp3) is 0.556. The molecule has 1 aliphatic rings. The quantitative estimate of drug-likeness (QED) is 0.347. The summed E-state index contributed by atoms with van der Waals surface area (Å²) in [6.07, 6.45) is 4.75. The molecule has 1 aliphatic carbocycles. The SMILES string of the molecule is NNC(=O)Cc1n[nH]c2c1CCCC2. The zero-order valence-corrected chi connectivity index (χ0v) is 7.97. The minimum atomic E-state index is -0.190. The second-order valence-corrected chi connectivity index (χ2v) is 3.58. The number of carbonyl (C=O) groups is 1. The van der Waals surface area contributed by atoms with E-state index in [9.17, 15) is 4.79 Å². The Balaban J connectivity index is 2.18. The molecule has 0 spiro atoms. The van der Waals surface area contributed by atoms with Gasteiger partial charge in [-0.25, -0.2) is 5.84 Å². The molecule has 76 valence electrons. The van der Waals surface area contributed by atoms with E-state index < -0.39 is 0 Å². The van der Waals surface area contributed by atoms with Crippen LogP contribution in [0.15, 0.2) is 0 Å². The number of aromatic amines is 1. The van der Waals surface area contributed by atoms with E-state index >= 15 is 0 Å². The number of amides is 1. The fourth-order valence-corrected chi connectivity index (χ4v) is 1.90. The van der Waals surface area contributed by atoms with Crippen LogP contribution in [-0.4, -0.2) is 16.1 Å². The largest absolute Gasteiger partial charge is 0.294 e. The van der Waals surface area contributed by atoms with Gasteiger partial charge in [-0.05, 0) is 31.2 Å². The summed E-state index contributed by atoms with van der Waals surface area (Å²) in [4.78, 5) is 11.1. The molecule has 0 atom stereocenters. The first-order valence-corrected chi connectivity index (χ1v) is 4.85. The van der Waals surface area contributed by atoms with Crippen LogP contribution in [0.2, 0.25) is 0 Å². The average molecular weight is 194 g/mol. The number of nitrogens with two attached hydrogens (primary N) is 1. The van der Waals surface area contributed by atoms with Crippen molar-refractivity contribution in [2.45, 2.75) is 32.1 Å². The van der Waals surface area contributed by atoms with Crippen molar-refractivity contribution in [2.75, 3.05) is 0 Å². The molecule has 0 radical (unpaired) electrons. The van der Waals surface area contributed by atoms with Gasteiger partial charge in [0.25, 0.3) is 0 Å². The third kappa shape index (κ3) is 1.63. The van der Waals surface area contributed by atoms with Crippen molar-refractivity contribution in [3.05, 3.63) is 17.0 Å². The van der Waals surface area contributed by atoms with E-state index in [0.717, 1.165) is 18.5 Å². The predicted octanol–water partition coefficient (Wildman–Crippen LogP) is -0.179. The Hall–Kier alpha value is -1.36. The summed E-state index contributed by atoms with van der Waals surface area (Å²) in [5, 5.41) is 7.13. The van der Waals surface area contributed by atoms with Crippen molar-refractivity contribution in [3.63, 3.8) is 0 Å². The van der Waals surface area contributed by atoms with E-state index in [0.29, 0.717) is 0 Å². The molecule has 2 rings (SSSR count). The molecule has 0 saturated heterocycles. The van der Waals surface area contributed by atoms with Gasteiger partial charge >= 0.3 is 0 Å². The van der Waals surface area contributed by atoms with Gasteiger partial charge in [0.05, 0.1) is 12.1 Å². The molecular weight excluding hydrogens is 180 g/mol. The van der Waals surface area contributed by atoms with Crippen molar-refractivity contribution >= 4 is 5.91 Å². The molecule has 0 unspecified atom stereocenters. The smallest absolute Gasteiger partial charge is 0.239 e. The van der Waals surface area contributed by atoms with Crippen molar-refractivity contribution in [3.8, 4) is 0 Å². The van der Waals surface area contributed by atoms with E-state index in [1.165, 1.54) is 24.1 Å². The Bertz CT molecular complexity index is 345. The molecule has 0 aliphatic heterocycles. The number of H-pyrrole nitrogens is 1. The molecular formula is C9H14N4O. The monoisotopic (exact) mass is 194 g/mol. The van der Waals surface area contributed by atoms with E-state index in [2.05, 4.69) is 15.6 Å².